The average molecular weight is 423 g/mol. The second-order valence-electron chi connectivity index (χ2n) is 7.62. The number of rotatable bonds is 7. The van der Waals surface area contributed by atoms with Gasteiger partial charge in [0.1, 0.15) is 11.6 Å². The van der Waals surface area contributed by atoms with Crippen LogP contribution in [0, 0.1) is 0 Å². The van der Waals surface area contributed by atoms with Crippen molar-refractivity contribution in [3.05, 3.63) is 64.7 Å². The number of hydrogen-bond donors (Lipinski definition) is 1. The van der Waals surface area contributed by atoms with Gasteiger partial charge in [-0.3, -0.25) is 9.36 Å². The maximum Gasteiger partial charge on any atom is 0.322 e. The first-order valence-electron chi connectivity index (χ1n) is 10.6. The van der Waals surface area contributed by atoms with E-state index in [9.17, 15) is 9.59 Å². The maximum absolute atomic E-state index is 13.3. The van der Waals surface area contributed by atoms with Gasteiger partial charge in [0.2, 0.25) is 0 Å². The number of anilines is 1. The molecule has 0 aliphatic rings. The smallest absolute Gasteiger partial charge is 0.322 e. The van der Waals surface area contributed by atoms with E-state index in [4.69, 9.17) is 9.72 Å². The normalized spacial score (nSPS) is 12.1. The molecular formula is C24H30N4O3. The van der Waals surface area contributed by atoms with Gasteiger partial charge in [-0.15, -0.1) is 0 Å². The van der Waals surface area contributed by atoms with Crippen LogP contribution in [0.2, 0.25) is 0 Å². The average Bonchev–Trinajstić information content (AvgIpc) is 2.77. The summed E-state index contributed by atoms with van der Waals surface area (Å²) in [6.07, 6.45) is 0.624. The lowest BCUT2D eigenvalue weighted by Gasteiger charge is -2.35. The molecule has 0 spiro atoms. The van der Waals surface area contributed by atoms with E-state index in [-0.39, 0.29) is 23.7 Å². The number of amides is 2. The van der Waals surface area contributed by atoms with Crippen LogP contribution in [0.5, 0.6) is 5.75 Å². The molecule has 3 rings (SSSR count). The van der Waals surface area contributed by atoms with Crippen molar-refractivity contribution >= 4 is 22.6 Å². The van der Waals surface area contributed by atoms with E-state index in [2.05, 4.69) is 5.32 Å². The minimum atomic E-state index is -0.351. The number of nitrogens with one attached hydrogen (secondary N) is 1. The van der Waals surface area contributed by atoms with Crippen molar-refractivity contribution in [1.29, 1.82) is 0 Å². The summed E-state index contributed by atoms with van der Waals surface area (Å²) in [4.78, 5) is 33.0. The van der Waals surface area contributed by atoms with Gasteiger partial charge in [0, 0.05) is 18.3 Å². The Kier molecular flexibility index (Phi) is 6.95. The topological polar surface area (TPSA) is 76.5 Å². The van der Waals surface area contributed by atoms with Crippen LogP contribution < -0.4 is 15.6 Å². The number of urea groups is 1. The Hall–Kier alpha value is -3.35. The van der Waals surface area contributed by atoms with Gasteiger partial charge >= 0.3 is 6.03 Å². The Morgan fingerprint density at radius 3 is 2.39 bits per heavy atom. The summed E-state index contributed by atoms with van der Waals surface area (Å²) >= 11 is 0. The summed E-state index contributed by atoms with van der Waals surface area (Å²) in [7, 11) is 1.60. The number of para-hydroxylation sites is 1. The van der Waals surface area contributed by atoms with E-state index in [1.165, 1.54) is 0 Å². The molecule has 31 heavy (non-hydrogen) atoms. The quantitative estimate of drug-likeness (QED) is 0.592. The van der Waals surface area contributed by atoms with E-state index < -0.39 is 0 Å². The highest BCUT2D eigenvalue weighted by molar-refractivity contribution is 5.90. The molecule has 2 amide bonds. The molecule has 0 radical (unpaired) electrons. The zero-order valence-corrected chi connectivity index (χ0v) is 18.8. The summed E-state index contributed by atoms with van der Waals surface area (Å²) < 4.78 is 6.85. The third-order valence-corrected chi connectivity index (χ3v) is 5.36. The molecule has 1 aromatic heterocycles. The molecule has 0 fully saturated rings. The number of benzene rings is 2. The predicted octanol–water partition coefficient (Wildman–Crippen LogP) is 4.82. The Balaban J connectivity index is 2.02. The van der Waals surface area contributed by atoms with Crippen LogP contribution in [0.25, 0.3) is 10.9 Å². The van der Waals surface area contributed by atoms with Crippen LogP contribution in [0.15, 0.2) is 53.3 Å². The summed E-state index contributed by atoms with van der Waals surface area (Å²) in [6, 6.07) is 13.8. The molecule has 7 nitrogen and oxygen atoms in total. The summed E-state index contributed by atoms with van der Waals surface area (Å²) in [5.74, 6) is 1.32. The first kappa shape index (κ1) is 22.3. The predicted molar refractivity (Wildman–Crippen MR) is 124 cm³/mol. The van der Waals surface area contributed by atoms with Gasteiger partial charge < -0.3 is 15.0 Å². The number of methoxy groups -OCH3 is 1. The first-order valence-corrected chi connectivity index (χ1v) is 10.6. The fourth-order valence-corrected chi connectivity index (χ4v) is 3.85. The van der Waals surface area contributed by atoms with E-state index >= 15 is 0 Å². The molecule has 0 aliphatic heterocycles. The van der Waals surface area contributed by atoms with Crippen LogP contribution in [-0.4, -0.2) is 33.6 Å². The highest BCUT2D eigenvalue weighted by Gasteiger charge is 2.30. The monoisotopic (exact) mass is 422 g/mol. The lowest BCUT2D eigenvalue weighted by atomic mass is 10.1. The highest BCUT2D eigenvalue weighted by Crippen LogP contribution is 2.27. The summed E-state index contributed by atoms with van der Waals surface area (Å²) in [5, 5.41) is 3.55. The van der Waals surface area contributed by atoms with Gasteiger partial charge in [-0.2, -0.15) is 0 Å². The van der Waals surface area contributed by atoms with Crippen LogP contribution in [-0.2, 0) is 6.54 Å². The SMILES string of the molecule is CCC(c1nc2ccccc2c(=O)n1CC)N(C(=O)Nc1ccc(OC)cc1)C(C)C. The van der Waals surface area contributed by atoms with Gasteiger partial charge in [-0.05, 0) is 63.6 Å². The number of fused-ring (bicyclic) bond motifs is 1. The van der Waals surface area contributed by atoms with Gasteiger partial charge in [0.05, 0.1) is 24.1 Å². The Bertz CT molecular complexity index is 1110. The van der Waals surface area contributed by atoms with Crippen molar-refractivity contribution in [2.45, 2.75) is 52.7 Å². The number of ether oxygens (including phenoxy) is 1. The Morgan fingerprint density at radius 1 is 1.13 bits per heavy atom. The maximum atomic E-state index is 13.3. The molecule has 1 N–H and O–H groups in total. The molecule has 3 aromatic rings. The number of aromatic nitrogens is 2. The third kappa shape index (κ3) is 4.55. The highest BCUT2D eigenvalue weighted by atomic mass is 16.5. The van der Waals surface area contributed by atoms with E-state index in [0.717, 1.165) is 5.75 Å². The number of carbonyl (C=O) groups is 1. The molecule has 0 aliphatic carbocycles. The summed E-state index contributed by atoms with van der Waals surface area (Å²) in [5.41, 5.74) is 1.23. The van der Waals surface area contributed by atoms with Crippen molar-refractivity contribution in [2.75, 3.05) is 12.4 Å². The fourth-order valence-electron chi connectivity index (χ4n) is 3.85. The van der Waals surface area contributed by atoms with Crippen molar-refractivity contribution in [3.8, 4) is 5.75 Å². The van der Waals surface area contributed by atoms with Gasteiger partial charge in [-0.25, -0.2) is 9.78 Å². The Labute approximate surface area is 182 Å². The number of nitrogens with zero attached hydrogens (tertiary/aromatic N) is 3. The van der Waals surface area contributed by atoms with Crippen LogP contribution in [0.4, 0.5) is 10.5 Å². The molecule has 1 atom stereocenters. The largest absolute Gasteiger partial charge is 0.497 e. The van der Waals surface area contributed by atoms with E-state index in [1.54, 1.807) is 46.9 Å². The first-order chi connectivity index (χ1) is 14.9. The van der Waals surface area contributed by atoms with E-state index in [1.807, 2.05) is 45.9 Å². The van der Waals surface area contributed by atoms with Gasteiger partial charge in [0.25, 0.3) is 5.56 Å². The molecule has 2 aromatic carbocycles. The lowest BCUT2D eigenvalue weighted by Crippen LogP contribution is -2.44. The molecule has 0 saturated carbocycles. The lowest BCUT2D eigenvalue weighted by molar-refractivity contribution is 0.158. The molecule has 0 bridgehead atoms. The number of hydrogen-bond acceptors (Lipinski definition) is 4. The van der Waals surface area contributed by atoms with Crippen molar-refractivity contribution in [2.24, 2.45) is 0 Å². The van der Waals surface area contributed by atoms with Crippen LogP contribution in [0.3, 0.4) is 0 Å². The fraction of sp³-hybridized carbons (Fsp3) is 0.375. The van der Waals surface area contributed by atoms with Crippen molar-refractivity contribution < 1.29 is 9.53 Å². The third-order valence-electron chi connectivity index (χ3n) is 5.36. The Morgan fingerprint density at radius 2 is 1.81 bits per heavy atom. The van der Waals surface area contributed by atoms with Crippen LogP contribution in [0.1, 0.15) is 46.0 Å². The standard InChI is InChI=1S/C24H30N4O3/c1-6-21(22-26-20-11-9-8-10-19(20)23(29)27(22)7-2)28(16(3)4)24(30)25-17-12-14-18(31-5)15-13-17/h8-16,21H,6-7H2,1-5H3,(H,25,30). The second-order valence-corrected chi connectivity index (χ2v) is 7.62. The molecule has 1 unspecified atom stereocenters. The molecule has 1 heterocycles. The minimum absolute atomic E-state index is 0.0826. The van der Waals surface area contributed by atoms with E-state index in [0.29, 0.717) is 35.4 Å². The van der Waals surface area contributed by atoms with Gasteiger partial charge in [0.15, 0.2) is 0 Å². The minimum Gasteiger partial charge on any atom is -0.497 e. The van der Waals surface area contributed by atoms with Crippen molar-refractivity contribution in [3.63, 3.8) is 0 Å². The second kappa shape index (κ2) is 9.64. The molecular weight excluding hydrogens is 392 g/mol. The van der Waals surface area contributed by atoms with Crippen molar-refractivity contribution in [1.82, 2.24) is 14.5 Å². The van der Waals surface area contributed by atoms with Gasteiger partial charge in [-0.1, -0.05) is 19.1 Å². The molecule has 0 saturated heterocycles. The van der Waals surface area contributed by atoms with Crippen LogP contribution >= 0.6 is 0 Å². The summed E-state index contributed by atoms with van der Waals surface area (Å²) in [6.45, 7) is 8.33. The number of carbonyl (C=O) groups excluding carboxylic acids is 1. The molecule has 164 valence electrons. The molecule has 7 heteroatoms. The zero-order valence-electron chi connectivity index (χ0n) is 18.8. The zero-order chi connectivity index (χ0) is 22.5.